The lowest BCUT2D eigenvalue weighted by Crippen LogP contribution is -2.45. The molecule has 1 saturated heterocycles. The summed E-state index contributed by atoms with van der Waals surface area (Å²) in [4.78, 5) is 22.1. The number of aryl methyl sites for hydroxylation is 1. The van der Waals surface area contributed by atoms with Crippen molar-refractivity contribution in [2.24, 2.45) is 0 Å². The van der Waals surface area contributed by atoms with E-state index in [2.05, 4.69) is 35.9 Å². The summed E-state index contributed by atoms with van der Waals surface area (Å²) in [5, 5.41) is 0. The minimum Gasteiger partial charge on any atom is -0.489 e. The molecule has 5 heteroatoms. The van der Waals surface area contributed by atoms with Crippen molar-refractivity contribution in [2.75, 3.05) is 19.6 Å². The van der Waals surface area contributed by atoms with E-state index < -0.39 is 0 Å². The molecule has 0 bridgehead atoms. The van der Waals surface area contributed by atoms with Gasteiger partial charge in [-0.2, -0.15) is 0 Å². The molecule has 1 amide bonds. The molecule has 2 aromatic rings. The molecule has 1 fully saturated rings. The molecule has 0 N–H and O–H groups in total. The Bertz CT molecular complexity index is 824. The Hall–Kier alpha value is -2.40. The van der Waals surface area contributed by atoms with Crippen LogP contribution in [0.3, 0.4) is 0 Å². The molecule has 4 rings (SSSR count). The van der Waals surface area contributed by atoms with Gasteiger partial charge in [0.2, 0.25) is 5.91 Å². The van der Waals surface area contributed by atoms with E-state index in [9.17, 15) is 4.79 Å². The Morgan fingerprint density at radius 1 is 1.25 bits per heavy atom. The van der Waals surface area contributed by atoms with E-state index in [1.54, 1.807) is 0 Å². The van der Waals surface area contributed by atoms with E-state index in [0.717, 1.165) is 55.9 Å². The fraction of sp³-hybridized carbons (Fsp3) is 0.478. The smallest absolute Gasteiger partial charge is 0.237 e. The maximum absolute atomic E-state index is 13.3. The van der Waals surface area contributed by atoms with Crippen LogP contribution in [0, 0.1) is 6.92 Å². The largest absolute Gasteiger partial charge is 0.489 e. The van der Waals surface area contributed by atoms with Crippen LogP contribution in [0.2, 0.25) is 0 Å². The lowest BCUT2D eigenvalue weighted by Gasteiger charge is -2.36. The lowest BCUT2D eigenvalue weighted by molar-refractivity contribution is -0.136. The molecular weight excluding hydrogens is 350 g/mol. The average molecular weight is 380 g/mol. The third-order valence-electron chi connectivity index (χ3n) is 5.66. The Morgan fingerprint density at radius 3 is 2.96 bits per heavy atom. The normalized spacial score (nSPS) is 22.9. The van der Waals surface area contributed by atoms with Gasteiger partial charge in [0.05, 0.1) is 18.3 Å². The molecule has 28 heavy (non-hydrogen) atoms. The first-order valence-corrected chi connectivity index (χ1v) is 10.3. The number of benzene rings is 1. The van der Waals surface area contributed by atoms with Gasteiger partial charge in [0.1, 0.15) is 11.9 Å². The standard InChI is InChI=1S/C23H29N3O2/c1-17-9-10-22-19(13-17)15-25(14-18(2)28-22)16-23(27)26-12-6-4-8-21(26)20-7-3-5-11-24-20/h3,5,7,9-11,13,18,21H,4,6,8,12,14-16H2,1-2H3/t18-,21+/m1/s1. The molecule has 2 atom stereocenters. The van der Waals surface area contributed by atoms with Crippen molar-refractivity contribution in [3.8, 4) is 5.75 Å². The third kappa shape index (κ3) is 4.20. The molecule has 2 aliphatic heterocycles. The van der Waals surface area contributed by atoms with E-state index in [4.69, 9.17) is 4.74 Å². The molecule has 3 heterocycles. The zero-order valence-electron chi connectivity index (χ0n) is 16.8. The van der Waals surface area contributed by atoms with Gasteiger partial charge in [0.15, 0.2) is 0 Å². The van der Waals surface area contributed by atoms with Crippen LogP contribution in [0.1, 0.15) is 49.0 Å². The van der Waals surface area contributed by atoms with Crippen molar-refractivity contribution >= 4 is 5.91 Å². The molecule has 148 valence electrons. The number of carbonyl (C=O) groups is 1. The first-order chi connectivity index (χ1) is 13.6. The van der Waals surface area contributed by atoms with Crippen LogP contribution in [-0.2, 0) is 11.3 Å². The van der Waals surface area contributed by atoms with Crippen molar-refractivity contribution in [3.63, 3.8) is 0 Å². The summed E-state index contributed by atoms with van der Waals surface area (Å²) in [6.45, 7) is 6.90. The van der Waals surface area contributed by atoms with Gasteiger partial charge < -0.3 is 9.64 Å². The van der Waals surface area contributed by atoms with Crippen LogP contribution in [-0.4, -0.2) is 46.4 Å². The van der Waals surface area contributed by atoms with Gasteiger partial charge in [-0.25, -0.2) is 0 Å². The highest BCUT2D eigenvalue weighted by Gasteiger charge is 2.30. The van der Waals surface area contributed by atoms with Crippen LogP contribution in [0.25, 0.3) is 0 Å². The Labute approximate surface area is 167 Å². The molecule has 0 saturated carbocycles. The number of fused-ring (bicyclic) bond motifs is 1. The number of nitrogens with zero attached hydrogens (tertiary/aromatic N) is 3. The minimum absolute atomic E-state index is 0.0599. The highest BCUT2D eigenvalue weighted by Crippen LogP contribution is 2.30. The van der Waals surface area contributed by atoms with Crippen molar-refractivity contribution < 1.29 is 9.53 Å². The number of amides is 1. The van der Waals surface area contributed by atoms with E-state index in [1.807, 2.05) is 35.4 Å². The van der Waals surface area contributed by atoms with Crippen molar-refractivity contribution in [3.05, 3.63) is 59.4 Å². The van der Waals surface area contributed by atoms with Crippen molar-refractivity contribution in [1.29, 1.82) is 0 Å². The zero-order valence-corrected chi connectivity index (χ0v) is 16.8. The van der Waals surface area contributed by atoms with Gasteiger partial charge in [0, 0.05) is 31.4 Å². The molecule has 0 spiro atoms. The summed E-state index contributed by atoms with van der Waals surface area (Å²) in [7, 11) is 0. The third-order valence-corrected chi connectivity index (χ3v) is 5.66. The van der Waals surface area contributed by atoms with E-state index in [0.29, 0.717) is 6.54 Å². The van der Waals surface area contributed by atoms with Crippen LogP contribution < -0.4 is 4.74 Å². The molecule has 0 radical (unpaired) electrons. The fourth-order valence-corrected chi connectivity index (χ4v) is 4.38. The van der Waals surface area contributed by atoms with Gasteiger partial charge in [-0.15, -0.1) is 0 Å². The Kier molecular flexibility index (Phi) is 5.62. The van der Waals surface area contributed by atoms with Crippen LogP contribution in [0.5, 0.6) is 5.75 Å². The second-order valence-electron chi connectivity index (χ2n) is 8.06. The summed E-state index contributed by atoms with van der Waals surface area (Å²) in [5.41, 5.74) is 3.38. The van der Waals surface area contributed by atoms with E-state index >= 15 is 0 Å². The quantitative estimate of drug-likeness (QED) is 0.815. The number of rotatable bonds is 3. The zero-order chi connectivity index (χ0) is 19.5. The maximum Gasteiger partial charge on any atom is 0.237 e. The van der Waals surface area contributed by atoms with Gasteiger partial charge in [-0.05, 0) is 51.3 Å². The molecule has 0 unspecified atom stereocenters. The summed E-state index contributed by atoms with van der Waals surface area (Å²) in [6, 6.07) is 12.4. The first kappa shape index (κ1) is 18.9. The summed E-state index contributed by atoms with van der Waals surface area (Å²) in [5.74, 6) is 1.14. The molecule has 0 aliphatic carbocycles. The van der Waals surface area contributed by atoms with Crippen LogP contribution in [0.15, 0.2) is 42.6 Å². The topological polar surface area (TPSA) is 45.7 Å². The van der Waals surface area contributed by atoms with E-state index in [1.165, 1.54) is 5.56 Å². The fourth-order valence-electron chi connectivity index (χ4n) is 4.38. The highest BCUT2D eigenvalue weighted by atomic mass is 16.5. The average Bonchev–Trinajstić information content (AvgIpc) is 2.85. The number of likely N-dealkylation sites (tertiary alicyclic amines) is 1. The van der Waals surface area contributed by atoms with Gasteiger partial charge in [0.25, 0.3) is 0 Å². The number of pyridine rings is 1. The number of hydrogen-bond acceptors (Lipinski definition) is 4. The molecule has 2 aliphatic rings. The predicted octanol–water partition coefficient (Wildman–Crippen LogP) is 3.73. The molecular formula is C23H29N3O2. The number of ether oxygens (including phenoxy) is 1. The summed E-state index contributed by atoms with van der Waals surface area (Å²) < 4.78 is 6.08. The number of piperidine rings is 1. The maximum atomic E-state index is 13.3. The monoisotopic (exact) mass is 379 g/mol. The first-order valence-electron chi connectivity index (χ1n) is 10.3. The Morgan fingerprint density at radius 2 is 2.14 bits per heavy atom. The Balaban J connectivity index is 1.50. The predicted molar refractivity (Wildman–Crippen MR) is 109 cm³/mol. The SMILES string of the molecule is Cc1ccc2c(c1)CN(CC(=O)N1CCCC[C@H]1c1ccccn1)C[C@@H](C)O2. The number of carbonyl (C=O) groups excluding carboxylic acids is 1. The van der Waals surface area contributed by atoms with Crippen LogP contribution in [0.4, 0.5) is 0 Å². The van der Waals surface area contributed by atoms with Crippen LogP contribution >= 0.6 is 0 Å². The second kappa shape index (κ2) is 8.31. The molecule has 1 aromatic heterocycles. The molecule has 5 nitrogen and oxygen atoms in total. The van der Waals surface area contributed by atoms with E-state index in [-0.39, 0.29) is 18.1 Å². The number of hydrogen-bond donors (Lipinski definition) is 0. The lowest BCUT2D eigenvalue weighted by atomic mass is 9.98. The molecule has 1 aromatic carbocycles. The summed E-state index contributed by atoms with van der Waals surface area (Å²) in [6.07, 6.45) is 5.08. The van der Waals surface area contributed by atoms with Gasteiger partial charge in [-0.3, -0.25) is 14.7 Å². The van der Waals surface area contributed by atoms with Gasteiger partial charge in [-0.1, -0.05) is 23.8 Å². The highest BCUT2D eigenvalue weighted by molar-refractivity contribution is 5.79. The van der Waals surface area contributed by atoms with Crippen molar-refractivity contribution in [1.82, 2.24) is 14.8 Å². The van der Waals surface area contributed by atoms with Crippen molar-refractivity contribution in [2.45, 2.75) is 51.8 Å². The second-order valence-corrected chi connectivity index (χ2v) is 8.06. The summed E-state index contributed by atoms with van der Waals surface area (Å²) >= 11 is 0. The number of aromatic nitrogens is 1. The minimum atomic E-state index is 0.0599. The van der Waals surface area contributed by atoms with Gasteiger partial charge >= 0.3 is 0 Å².